The first-order valence-electron chi connectivity index (χ1n) is 6.36. The number of benzene rings is 1. The molecule has 0 saturated heterocycles. The molecule has 0 fully saturated rings. The van der Waals surface area contributed by atoms with E-state index in [9.17, 15) is 0 Å². The SMILES string of the molecule is CCCNCCCCOCc1ccc(Cl)cc1. The molecule has 0 aliphatic rings. The first-order valence-corrected chi connectivity index (χ1v) is 6.73. The zero-order valence-electron chi connectivity index (χ0n) is 10.5. The number of ether oxygens (including phenoxy) is 1. The number of unbranched alkanes of at least 4 members (excludes halogenated alkanes) is 1. The van der Waals surface area contributed by atoms with Gasteiger partial charge in [-0.25, -0.2) is 0 Å². The minimum Gasteiger partial charge on any atom is -0.377 e. The van der Waals surface area contributed by atoms with Crippen molar-refractivity contribution in [3.63, 3.8) is 0 Å². The summed E-state index contributed by atoms with van der Waals surface area (Å²) in [6.45, 7) is 5.90. The van der Waals surface area contributed by atoms with Gasteiger partial charge in [0.25, 0.3) is 0 Å². The second-order valence-corrected chi connectivity index (χ2v) is 4.57. The molecule has 0 amide bonds. The minimum atomic E-state index is 0.680. The molecule has 2 nitrogen and oxygen atoms in total. The molecule has 0 spiro atoms. The van der Waals surface area contributed by atoms with E-state index in [2.05, 4.69) is 12.2 Å². The van der Waals surface area contributed by atoms with Gasteiger partial charge in [-0.2, -0.15) is 0 Å². The van der Waals surface area contributed by atoms with Crippen molar-refractivity contribution in [2.45, 2.75) is 32.8 Å². The van der Waals surface area contributed by atoms with Crippen molar-refractivity contribution in [1.82, 2.24) is 5.32 Å². The summed E-state index contributed by atoms with van der Waals surface area (Å²) in [7, 11) is 0. The lowest BCUT2D eigenvalue weighted by molar-refractivity contribution is 0.117. The molecule has 0 heterocycles. The van der Waals surface area contributed by atoms with Crippen molar-refractivity contribution in [1.29, 1.82) is 0 Å². The Bertz CT molecular complexity index is 287. The van der Waals surface area contributed by atoms with Crippen LogP contribution in [0, 0.1) is 0 Å². The van der Waals surface area contributed by atoms with Crippen LogP contribution in [0.1, 0.15) is 31.7 Å². The van der Waals surface area contributed by atoms with Gasteiger partial charge in [0.1, 0.15) is 0 Å². The fourth-order valence-electron chi connectivity index (χ4n) is 1.53. The van der Waals surface area contributed by atoms with Crippen molar-refractivity contribution in [3.05, 3.63) is 34.9 Å². The molecule has 1 aromatic carbocycles. The summed E-state index contributed by atoms with van der Waals surface area (Å²) in [5.41, 5.74) is 1.18. The molecule has 0 saturated carbocycles. The van der Waals surface area contributed by atoms with Gasteiger partial charge in [-0.3, -0.25) is 0 Å². The van der Waals surface area contributed by atoms with E-state index in [1.807, 2.05) is 24.3 Å². The first kappa shape index (κ1) is 14.5. The maximum absolute atomic E-state index is 5.81. The molecule has 1 rings (SSSR count). The molecule has 17 heavy (non-hydrogen) atoms. The van der Waals surface area contributed by atoms with E-state index in [1.165, 1.54) is 18.4 Å². The van der Waals surface area contributed by atoms with E-state index in [1.54, 1.807) is 0 Å². The standard InChI is InChI=1S/C14H22ClNO/c1-2-9-16-10-3-4-11-17-12-13-5-7-14(15)8-6-13/h5-8,16H,2-4,9-12H2,1H3. The predicted octanol–water partition coefficient (Wildman–Crippen LogP) is 3.64. The van der Waals surface area contributed by atoms with Crippen LogP contribution in [0.2, 0.25) is 5.02 Å². The molecule has 0 atom stereocenters. The average molecular weight is 256 g/mol. The third kappa shape index (κ3) is 7.37. The van der Waals surface area contributed by atoms with E-state index in [0.29, 0.717) is 6.61 Å². The highest BCUT2D eigenvalue weighted by Gasteiger charge is 1.94. The van der Waals surface area contributed by atoms with Gasteiger partial charge >= 0.3 is 0 Å². The number of halogens is 1. The lowest BCUT2D eigenvalue weighted by Crippen LogP contribution is -2.16. The number of hydrogen-bond acceptors (Lipinski definition) is 2. The molecule has 0 aliphatic heterocycles. The Hall–Kier alpha value is -0.570. The van der Waals surface area contributed by atoms with E-state index < -0.39 is 0 Å². The molecule has 0 unspecified atom stereocenters. The van der Waals surface area contributed by atoms with Gasteiger partial charge in [0.05, 0.1) is 6.61 Å². The third-order valence-corrected chi connectivity index (χ3v) is 2.75. The summed E-state index contributed by atoms with van der Waals surface area (Å²) in [5.74, 6) is 0. The molecular weight excluding hydrogens is 234 g/mol. The second kappa shape index (κ2) is 9.46. The zero-order chi connectivity index (χ0) is 12.3. The van der Waals surface area contributed by atoms with E-state index in [0.717, 1.165) is 31.1 Å². The van der Waals surface area contributed by atoms with E-state index in [4.69, 9.17) is 16.3 Å². The Morgan fingerprint density at radius 2 is 1.88 bits per heavy atom. The largest absolute Gasteiger partial charge is 0.377 e. The molecular formula is C14H22ClNO. The maximum atomic E-state index is 5.81. The van der Waals surface area contributed by atoms with Crippen molar-refractivity contribution >= 4 is 11.6 Å². The number of rotatable bonds is 9. The Balaban J connectivity index is 1.95. The fourth-order valence-corrected chi connectivity index (χ4v) is 1.65. The smallest absolute Gasteiger partial charge is 0.0716 e. The highest BCUT2D eigenvalue weighted by Crippen LogP contribution is 2.10. The Morgan fingerprint density at radius 1 is 1.12 bits per heavy atom. The monoisotopic (exact) mass is 255 g/mol. The van der Waals surface area contributed by atoms with Crippen molar-refractivity contribution in [2.75, 3.05) is 19.7 Å². The summed E-state index contributed by atoms with van der Waals surface area (Å²) >= 11 is 5.81. The van der Waals surface area contributed by atoms with Gasteiger partial charge in [0, 0.05) is 11.6 Å². The van der Waals surface area contributed by atoms with Crippen LogP contribution in [-0.4, -0.2) is 19.7 Å². The van der Waals surface area contributed by atoms with Gasteiger partial charge < -0.3 is 10.1 Å². The van der Waals surface area contributed by atoms with Gasteiger partial charge in [0.15, 0.2) is 0 Å². The van der Waals surface area contributed by atoms with Crippen LogP contribution in [-0.2, 0) is 11.3 Å². The molecule has 1 aromatic rings. The fraction of sp³-hybridized carbons (Fsp3) is 0.571. The Morgan fingerprint density at radius 3 is 2.59 bits per heavy atom. The maximum Gasteiger partial charge on any atom is 0.0716 e. The zero-order valence-corrected chi connectivity index (χ0v) is 11.3. The van der Waals surface area contributed by atoms with E-state index >= 15 is 0 Å². The summed E-state index contributed by atoms with van der Waals surface area (Å²) in [4.78, 5) is 0. The lowest BCUT2D eigenvalue weighted by atomic mass is 10.2. The highest BCUT2D eigenvalue weighted by molar-refractivity contribution is 6.30. The van der Waals surface area contributed by atoms with Crippen LogP contribution in [0.15, 0.2) is 24.3 Å². The summed E-state index contributed by atoms with van der Waals surface area (Å²) in [6, 6.07) is 7.81. The van der Waals surface area contributed by atoms with E-state index in [-0.39, 0.29) is 0 Å². The molecule has 1 N–H and O–H groups in total. The van der Waals surface area contributed by atoms with Crippen molar-refractivity contribution in [2.24, 2.45) is 0 Å². The van der Waals surface area contributed by atoms with Gasteiger partial charge in [-0.05, 0) is 50.0 Å². The summed E-state index contributed by atoms with van der Waals surface area (Å²) in [6.07, 6.45) is 3.50. The summed E-state index contributed by atoms with van der Waals surface area (Å²) in [5, 5.41) is 4.15. The van der Waals surface area contributed by atoms with Crippen LogP contribution >= 0.6 is 11.6 Å². The molecule has 96 valence electrons. The highest BCUT2D eigenvalue weighted by atomic mass is 35.5. The second-order valence-electron chi connectivity index (χ2n) is 4.14. The topological polar surface area (TPSA) is 21.3 Å². The molecule has 3 heteroatoms. The molecule has 0 radical (unpaired) electrons. The molecule has 0 bridgehead atoms. The third-order valence-electron chi connectivity index (χ3n) is 2.50. The van der Waals surface area contributed by atoms with Gasteiger partial charge in [-0.15, -0.1) is 0 Å². The number of nitrogens with one attached hydrogen (secondary N) is 1. The van der Waals surface area contributed by atoms with Crippen LogP contribution in [0.5, 0.6) is 0 Å². The molecule has 0 aromatic heterocycles. The Labute approximate surface area is 109 Å². The van der Waals surface area contributed by atoms with Gasteiger partial charge in [-0.1, -0.05) is 30.7 Å². The van der Waals surface area contributed by atoms with Crippen molar-refractivity contribution in [3.8, 4) is 0 Å². The number of hydrogen-bond donors (Lipinski definition) is 1. The van der Waals surface area contributed by atoms with Crippen LogP contribution in [0.3, 0.4) is 0 Å². The normalized spacial score (nSPS) is 10.7. The molecule has 0 aliphatic carbocycles. The quantitative estimate of drug-likeness (QED) is 0.681. The van der Waals surface area contributed by atoms with Crippen LogP contribution in [0.4, 0.5) is 0 Å². The lowest BCUT2D eigenvalue weighted by Gasteiger charge is -2.05. The van der Waals surface area contributed by atoms with Crippen LogP contribution < -0.4 is 5.32 Å². The minimum absolute atomic E-state index is 0.680. The average Bonchev–Trinajstić information content (AvgIpc) is 2.35. The van der Waals surface area contributed by atoms with Crippen molar-refractivity contribution < 1.29 is 4.74 Å². The van der Waals surface area contributed by atoms with Gasteiger partial charge in [0.2, 0.25) is 0 Å². The van der Waals surface area contributed by atoms with Crippen LogP contribution in [0.25, 0.3) is 0 Å². The summed E-state index contributed by atoms with van der Waals surface area (Å²) < 4.78 is 5.60. The Kier molecular flexibility index (Phi) is 8.06. The first-order chi connectivity index (χ1) is 8.33. The predicted molar refractivity (Wildman–Crippen MR) is 73.5 cm³/mol.